The normalized spacial score (nSPS) is 16.4. The quantitative estimate of drug-likeness (QED) is 0.186. The Labute approximate surface area is 295 Å². The van der Waals surface area contributed by atoms with Crippen molar-refractivity contribution in [3.8, 4) is 0 Å². The van der Waals surface area contributed by atoms with E-state index in [1.54, 1.807) is 0 Å². The molecule has 0 spiro atoms. The molecule has 0 bridgehead atoms. The average molecular weight is 652 g/mol. The van der Waals surface area contributed by atoms with Gasteiger partial charge in [-0.3, -0.25) is 5.32 Å². The Hall–Kier alpha value is -6.42. The molecule has 51 heavy (non-hydrogen) atoms. The van der Waals surface area contributed by atoms with E-state index < -0.39 is 0 Å². The predicted octanol–water partition coefficient (Wildman–Crippen LogP) is 12.0. The first-order valence-electron chi connectivity index (χ1n) is 17.8. The van der Waals surface area contributed by atoms with Gasteiger partial charge in [0.2, 0.25) is 0 Å². The van der Waals surface area contributed by atoms with Gasteiger partial charge in [0.05, 0.1) is 11.0 Å². The van der Waals surface area contributed by atoms with Crippen LogP contribution >= 0.6 is 0 Å². The van der Waals surface area contributed by atoms with Crippen molar-refractivity contribution in [2.24, 2.45) is 0 Å². The number of para-hydroxylation sites is 1. The van der Waals surface area contributed by atoms with Crippen molar-refractivity contribution >= 4 is 81.4 Å². The first-order valence-corrected chi connectivity index (χ1v) is 17.8. The molecule has 3 nitrogen and oxygen atoms in total. The summed E-state index contributed by atoms with van der Waals surface area (Å²) in [4.78, 5) is 0. The highest BCUT2D eigenvalue weighted by molar-refractivity contribution is 6.36. The molecule has 1 aliphatic rings. The smallest absolute Gasteiger partial charge is 0.108 e. The highest BCUT2D eigenvalue weighted by Crippen LogP contribution is 2.45. The second-order valence-corrected chi connectivity index (χ2v) is 13.7. The van der Waals surface area contributed by atoms with Gasteiger partial charge in [0.15, 0.2) is 0 Å². The molecule has 0 saturated carbocycles. The van der Waals surface area contributed by atoms with Crippen LogP contribution in [0.3, 0.4) is 0 Å². The molecule has 2 unspecified atom stereocenters. The summed E-state index contributed by atoms with van der Waals surface area (Å²) in [6, 6.07) is 62.0. The lowest BCUT2D eigenvalue weighted by Crippen LogP contribution is -2.41. The Bertz CT molecular complexity index is 3040. The van der Waals surface area contributed by atoms with Crippen LogP contribution in [0.25, 0.3) is 81.4 Å². The van der Waals surface area contributed by atoms with E-state index in [2.05, 4.69) is 191 Å². The molecule has 0 aliphatic carbocycles. The van der Waals surface area contributed by atoms with Crippen LogP contribution in [0.15, 0.2) is 176 Å². The third kappa shape index (κ3) is 4.22. The van der Waals surface area contributed by atoms with Crippen molar-refractivity contribution in [1.29, 1.82) is 0 Å². The van der Waals surface area contributed by atoms with Gasteiger partial charge in [0.1, 0.15) is 12.3 Å². The minimum absolute atomic E-state index is 0.157. The summed E-state index contributed by atoms with van der Waals surface area (Å²) in [5.41, 5.74) is 5.98. The minimum Gasteiger partial charge on any atom is -0.366 e. The lowest BCUT2D eigenvalue weighted by Gasteiger charge is -2.35. The molecule has 2 atom stereocenters. The Morgan fingerprint density at radius 3 is 1.84 bits per heavy atom. The zero-order valence-electron chi connectivity index (χ0n) is 27.8. The molecule has 0 radical (unpaired) electrons. The van der Waals surface area contributed by atoms with E-state index >= 15 is 0 Å². The second-order valence-electron chi connectivity index (χ2n) is 13.7. The molecule has 240 valence electrons. The molecular weight excluding hydrogens is 619 g/mol. The zero-order chi connectivity index (χ0) is 33.5. The van der Waals surface area contributed by atoms with Crippen molar-refractivity contribution in [3.05, 3.63) is 187 Å². The van der Waals surface area contributed by atoms with Crippen molar-refractivity contribution < 1.29 is 0 Å². The second kappa shape index (κ2) is 11.0. The predicted molar refractivity (Wildman–Crippen MR) is 216 cm³/mol. The minimum atomic E-state index is -0.159. The topological polar surface area (TPSA) is 29.0 Å². The van der Waals surface area contributed by atoms with Crippen molar-refractivity contribution in [3.63, 3.8) is 0 Å². The summed E-state index contributed by atoms with van der Waals surface area (Å²) < 4.78 is 2.56. The number of nitrogens with one attached hydrogen (secondary N) is 2. The van der Waals surface area contributed by atoms with E-state index in [0.29, 0.717) is 0 Å². The molecule has 0 saturated heterocycles. The summed E-state index contributed by atoms with van der Waals surface area (Å²) in [6.07, 6.45) is 2.06. The van der Waals surface area contributed by atoms with Crippen molar-refractivity contribution in [2.45, 2.75) is 12.3 Å². The van der Waals surface area contributed by atoms with Gasteiger partial charge in [-0.05, 0) is 72.4 Å². The fourth-order valence-electron chi connectivity index (χ4n) is 8.82. The maximum atomic E-state index is 4.14. The highest BCUT2D eigenvalue weighted by atomic mass is 15.3. The molecule has 10 aromatic rings. The van der Waals surface area contributed by atoms with Crippen LogP contribution in [0, 0.1) is 0 Å². The van der Waals surface area contributed by atoms with Gasteiger partial charge in [-0.1, -0.05) is 158 Å². The number of hydrogen-bond acceptors (Lipinski definition) is 2. The van der Waals surface area contributed by atoms with E-state index in [1.165, 1.54) is 86.8 Å². The van der Waals surface area contributed by atoms with Crippen molar-refractivity contribution in [1.82, 2.24) is 15.2 Å². The molecule has 11 rings (SSSR count). The Morgan fingerprint density at radius 1 is 0.431 bits per heavy atom. The molecule has 0 fully saturated rings. The number of benzene rings is 9. The van der Waals surface area contributed by atoms with E-state index in [4.69, 9.17) is 0 Å². The Kier molecular flexibility index (Phi) is 6.16. The zero-order valence-corrected chi connectivity index (χ0v) is 27.8. The molecule has 2 heterocycles. The Balaban J connectivity index is 1.25. The maximum absolute atomic E-state index is 4.14. The van der Waals surface area contributed by atoms with Gasteiger partial charge in [0, 0.05) is 27.2 Å². The first-order chi connectivity index (χ1) is 25.3. The monoisotopic (exact) mass is 651 g/mol. The molecular formula is C48H33N3. The molecule has 1 aliphatic heterocycles. The van der Waals surface area contributed by atoms with Gasteiger partial charge in [0.25, 0.3) is 0 Å². The van der Waals surface area contributed by atoms with Crippen LogP contribution in [0.5, 0.6) is 0 Å². The van der Waals surface area contributed by atoms with E-state index in [0.717, 1.165) is 5.70 Å². The number of aromatic nitrogens is 1. The van der Waals surface area contributed by atoms with Gasteiger partial charge in [-0.25, -0.2) is 0 Å². The highest BCUT2D eigenvalue weighted by Gasteiger charge is 2.29. The van der Waals surface area contributed by atoms with Crippen LogP contribution in [-0.2, 0) is 0 Å². The van der Waals surface area contributed by atoms with Crippen LogP contribution in [0.2, 0.25) is 0 Å². The van der Waals surface area contributed by atoms with Gasteiger partial charge in [-0.2, -0.15) is 0 Å². The third-order valence-electron chi connectivity index (χ3n) is 11.0. The first kappa shape index (κ1) is 28.4. The number of fused-ring (bicyclic) bond motifs is 13. The van der Waals surface area contributed by atoms with E-state index in [-0.39, 0.29) is 12.3 Å². The average Bonchev–Trinajstić information content (AvgIpc) is 3.56. The number of nitrogens with zero attached hydrogens (tertiary/aromatic N) is 1. The fourth-order valence-corrected chi connectivity index (χ4v) is 8.82. The van der Waals surface area contributed by atoms with Crippen molar-refractivity contribution in [2.75, 3.05) is 0 Å². The lowest BCUT2D eigenvalue weighted by molar-refractivity contribution is 0.385. The van der Waals surface area contributed by atoms with E-state index in [1.807, 2.05) is 0 Å². The standard InChI is InChI=1S/C48H33N3/c1-2-15-31(16-3-1)42-29-44(50-48(49-42)41-28-32-17-5-6-18-33(32)35-20-8-9-21-36(35)41)51-43-25-13-12-24-40(43)46-45-34-19-7-4-14-30(34)26-27-38(45)37-22-10-11-23-39(37)47(46)51/h1-29,44,48-50H. The molecule has 2 N–H and O–H groups in total. The molecule has 1 aromatic heterocycles. The van der Waals surface area contributed by atoms with Gasteiger partial charge < -0.3 is 9.88 Å². The maximum Gasteiger partial charge on any atom is 0.108 e. The van der Waals surface area contributed by atoms with E-state index in [9.17, 15) is 0 Å². The lowest BCUT2D eigenvalue weighted by atomic mass is 9.93. The summed E-state index contributed by atoms with van der Waals surface area (Å²) in [7, 11) is 0. The van der Waals surface area contributed by atoms with Gasteiger partial charge >= 0.3 is 0 Å². The SMILES string of the molecule is C1=C(c2ccccc2)NC(c2cc3ccccc3c3ccccc23)NC1n1c2ccccc2c2c3c4ccccc4ccc3c3ccccc3c21. The molecule has 0 amide bonds. The Morgan fingerprint density at radius 2 is 1.04 bits per heavy atom. The largest absolute Gasteiger partial charge is 0.366 e. The van der Waals surface area contributed by atoms with Crippen LogP contribution in [-0.4, -0.2) is 4.57 Å². The summed E-state index contributed by atoms with van der Waals surface area (Å²) in [5, 5.41) is 23.4. The summed E-state index contributed by atoms with van der Waals surface area (Å²) in [5.74, 6) is 0. The molecule has 9 aromatic carbocycles. The number of rotatable bonds is 3. The third-order valence-corrected chi connectivity index (χ3v) is 11.0. The molecule has 3 heteroatoms. The number of hydrogen-bond donors (Lipinski definition) is 2. The van der Waals surface area contributed by atoms with Crippen LogP contribution < -0.4 is 10.6 Å². The van der Waals surface area contributed by atoms with Crippen LogP contribution in [0.4, 0.5) is 0 Å². The summed E-state index contributed by atoms with van der Waals surface area (Å²) >= 11 is 0. The summed E-state index contributed by atoms with van der Waals surface area (Å²) in [6.45, 7) is 0. The fraction of sp³-hybridized carbons (Fsp3) is 0.0417. The van der Waals surface area contributed by atoms with Crippen LogP contribution in [0.1, 0.15) is 23.5 Å². The van der Waals surface area contributed by atoms with Gasteiger partial charge in [-0.15, -0.1) is 0 Å².